The molecule has 2 fully saturated rings. The number of carbonyl (C=O) groups excluding carboxylic acids is 1. The van der Waals surface area contributed by atoms with Crippen molar-refractivity contribution in [1.82, 2.24) is 24.3 Å². The summed E-state index contributed by atoms with van der Waals surface area (Å²) in [6, 6.07) is 8.27. The zero-order chi connectivity index (χ0) is 18.8. The van der Waals surface area contributed by atoms with Crippen molar-refractivity contribution in [1.29, 1.82) is 0 Å². The number of hydrogen-bond donors (Lipinski definition) is 0. The standard InChI is InChI=1S/C21H31N5O/c1-3-24-11-13-26(14-12-24)21(27)17-7-6-10-25(15-17)16-20-22-18-8-4-5-9-19(18)23(20)2/h4-5,8-9,17H,3,6-7,10-16H2,1-2H3/t17-/m0/s1. The number of hydrogen-bond acceptors (Lipinski definition) is 4. The lowest BCUT2D eigenvalue weighted by Crippen LogP contribution is -2.52. The Bertz CT molecular complexity index is 793. The molecule has 0 N–H and O–H groups in total. The normalized spacial score (nSPS) is 22.4. The molecule has 0 bridgehead atoms. The number of piperidine rings is 1. The third kappa shape index (κ3) is 3.87. The molecule has 6 nitrogen and oxygen atoms in total. The van der Waals surface area contributed by atoms with Crippen molar-refractivity contribution in [2.24, 2.45) is 13.0 Å². The monoisotopic (exact) mass is 369 g/mol. The molecule has 0 radical (unpaired) electrons. The van der Waals surface area contributed by atoms with Crippen molar-refractivity contribution in [3.8, 4) is 0 Å². The molecular formula is C21H31N5O. The fraction of sp³-hybridized carbons (Fsp3) is 0.619. The van der Waals surface area contributed by atoms with Crippen molar-refractivity contribution >= 4 is 16.9 Å². The van der Waals surface area contributed by atoms with Gasteiger partial charge in [-0.05, 0) is 38.1 Å². The van der Waals surface area contributed by atoms with Crippen molar-refractivity contribution in [2.75, 3.05) is 45.8 Å². The van der Waals surface area contributed by atoms with E-state index < -0.39 is 0 Å². The lowest BCUT2D eigenvalue weighted by atomic mass is 9.96. The predicted molar refractivity (Wildman–Crippen MR) is 107 cm³/mol. The van der Waals surface area contributed by atoms with Gasteiger partial charge in [0.25, 0.3) is 0 Å². The zero-order valence-corrected chi connectivity index (χ0v) is 16.6. The molecule has 146 valence electrons. The van der Waals surface area contributed by atoms with Gasteiger partial charge < -0.3 is 14.4 Å². The van der Waals surface area contributed by atoms with Crippen LogP contribution >= 0.6 is 0 Å². The molecule has 1 aromatic heterocycles. The van der Waals surface area contributed by atoms with Crippen molar-refractivity contribution in [3.63, 3.8) is 0 Å². The third-order valence-corrected chi connectivity index (χ3v) is 6.23. The molecule has 0 saturated carbocycles. The molecular weight excluding hydrogens is 338 g/mol. The molecule has 1 amide bonds. The SMILES string of the molecule is CCN1CCN(C(=O)[C@H]2CCCN(Cc3nc4ccccc4n3C)C2)CC1. The highest BCUT2D eigenvalue weighted by Crippen LogP contribution is 2.22. The number of aromatic nitrogens is 2. The van der Waals surface area contributed by atoms with Gasteiger partial charge in [-0.2, -0.15) is 0 Å². The average Bonchev–Trinajstić information content (AvgIpc) is 3.03. The Labute approximate surface area is 161 Å². The molecule has 2 aliphatic rings. The van der Waals surface area contributed by atoms with Gasteiger partial charge in [0, 0.05) is 39.8 Å². The number of amides is 1. The Balaban J connectivity index is 1.39. The number of fused-ring (bicyclic) bond motifs is 1. The Morgan fingerprint density at radius 2 is 1.89 bits per heavy atom. The summed E-state index contributed by atoms with van der Waals surface area (Å²) in [6.45, 7) is 9.79. The average molecular weight is 370 g/mol. The Morgan fingerprint density at radius 3 is 2.63 bits per heavy atom. The number of likely N-dealkylation sites (tertiary alicyclic amines) is 1. The number of likely N-dealkylation sites (N-methyl/N-ethyl adjacent to an activating group) is 1. The van der Waals surface area contributed by atoms with Gasteiger partial charge in [-0.15, -0.1) is 0 Å². The first-order valence-corrected chi connectivity index (χ1v) is 10.3. The fourth-order valence-corrected chi connectivity index (χ4v) is 4.48. The minimum atomic E-state index is 0.140. The number of nitrogens with zero attached hydrogens (tertiary/aromatic N) is 5. The summed E-state index contributed by atoms with van der Waals surface area (Å²) < 4.78 is 2.19. The van der Waals surface area contributed by atoms with Crippen LogP contribution in [0.4, 0.5) is 0 Å². The lowest BCUT2D eigenvalue weighted by Gasteiger charge is -2.38. The maximum absolute atomic E-state index is 13.0. The number of aryl methyl sites for hydroxylation is 1. The van der Waals surface area contributed by atoms with Crippen LogP contribution in [0.1, 0.15) is 25.6 Å². The van der Waals surface area contributed by atoms with Crippen molar-refractivity contribution in [2.45, 2.75) is 26.3 Å². The van der Waals surface area contributed by atoms with Gasteiger partial charge in [-0.25, -0.2) is 4.98 Å². The van der Waals surface area contributed by atoms with Crippen LogP contribution in [0.25, 0.3) is 11.0 Å². The van der Waals surface area contributed by atoms with Crippen LogP contribution in [-0.4, -0.2) is 76.0 Å². The van der Waals surface area contributed by atoms with E-state index in [2.05, 4.69) is 51.4 Å². The number of carbonyl (C=O) groups is 1. The molecule has 3 heterocycles. The van der Waals surface area contributed by atoms with Gasteiger partial charge in [0.15, 0.2) is 0 Å². The third-order valence-electron chi connectivity index (χ3n) is 6.23. The van der Waals surface area contributed by atoms with Crippen LogP contribution < -0.4 is 0 Å². The van der Waals surface area contributed by atoms with E-state index in [1.54, 1.807) is 0 Å². The second kappa shape index (κ2) is 7.98. The second-order valence-corrected chi connectivity index (χ2v) is 7.91. The second-order valence-electron chi connectivity index (χ2n) is 7.91. The number of imidazole rings is 1. The first-order chi connectivity index (χ1) is 13.2. The van der Waals surface area contributed by atoms with Crippen LogP contribution in [0.2, 0.25) is 0 Å². The topological polar surface area (TPSA) is 44.6 Å². The summed E-state index contributed by atoms with van der Waals surface area (Å²) in [5.41, 5.74) is 2.22. The van der Waals surface area contributed by atoms with Gasteiger partial charge >= 0.3 is 0 Å². The quantitative estimate of drug-likeness (QED) is 0.826. The van der Waals surface area contributed by atoms with Gasteiger partial charge in [-0.1, -0.05) is 19.1 Å². The molecule has 2 saturated heterocycles. The maximum atomic E-state index is 13.0. The molecule has 2 aliphatic heterocycles. The van der Waals surface area contributed by atoms with Crippen LogP contribution in [0.15, 0.2) is 24.3 Å². The van der Waals surface area contributed by atoms with E-state index in [4.69, 9.17) is 4.98 Å². The van der Waals surface area contributed by atoms with E-state index in [9.17, 15) is 4.79 Å². The van der Waals surface area contributed by atoms with Crippen LogP contribution in [-0.2, 0) is 18.4 Å². The molecule has 1 aromatic carbocycles. The molecule has 6 heteroatoms. The molecule has 1 atom stereocenters. The Morgan fingerprint density at radius 1 is 1.11 bits per heavy atom. The van der Waals surface area contributed by atoms with E-state index in [0.29, 0.717) is 5.91 Å². The van der Waals surface area contributed by atoms with E-state index >= 15 is 0 Å². The minimum Gasteiger partial charge on any atom is -0.340 e. The number of benzene rings is 1. The fourth-order valence-electron chi connectivity index (χ4n) is 4.48. The highest BCUT2D eigenvalue weighted by atomic mass is 16.2. The lowest BCUT2D eigenvalue weighted by molar-refractivity contribution is -0.139. The number of para-hydroxylation sites is 2. The van der Waals surface area contributed by atoms with Crippen LogP contribution in [0.3, 0.4) is 0 Å². The molecule has 0 spiro atoms. The van der Waals surface area contributed by atoms with Gasteiger partial charge in [0.2, 0.25) is 5.91 Å². The molecule has 0 unspecified atom stereocenters. The number of piperazine rings is 1. The maximum Gasteiger partial charge on any atom is 0.227 e. The van der Waals surface area contributed by atoms with Gasteiger partial charge in [0.05, 0.1) is 23.5 Å². The van der Waals surface area contributed by atoms with Gasteiger partial charge in [0.1, 0.15) is 5.82 Å². The largest absolute Gasteiger partial charge is 0.340 e. The predicted octanol–water partition coefficient (Wildman–Crippen LogP) is 1.95. The summed E-state index contributed by atoms with van der Waals surface area (Å²) in [7, 11) is 2.09. The Hall–Kier alpha value is -1.92. The molecule has 2 aromatic rings. The van der Waals surface area contributed by atoms with Crippen LogP contribution in [0.5, 0.6) is 0 Å². The van der Waals surface area contributed by atoms with E-state index in [1.165, 1.54) is 5.52 Å². The highest BCUT2D eigenvalue weighted by molar-refractivity contribution is 5.79. The summed E-state index contributed by atoms with van der Waals surface area (Å²) >= 11 is 0. The smallest absolute Gasteiger partial charge is 0.227 e. The van der Waals surface area contributed by atoms with E-state index in [1.807, 2.05) is 6.07 Å². The van der Waals surface area contributed by atoms with E-state index in [0.717, 1.165) is 76.5 Å². The first-order valence-electron chi connectivity index (χ1n) is 10.3. The molecule has 27 heavy (non-hydrogen) atoms. The summed E-state index contributed by atoms with van der Waals surface area (Å²) in [4.78, 5) is 24.7. The number of rotatable bonds is 4. The highest BCUT2D eigenvalue weighted by Gasteiger charge is 2.31. The summed E-state index contributed by atoms with van der Waals surface area (Å²) in [6.07, 6.45) is 2.11. The van der Waals surface area contributed by atoms with Gasteiger partial charge in [-0.3, -0.25) is 9.69 Å². The summed E-state index contributed by atoms with van der Waals surface area (Å²) in [5.74, 6) is 1.59. The minimum absolute atomic E-state index is 0.140. The van der Waals surface area contributed by atoms with Crippen molar-refractivity contribution in [3.05, 3.63) is 30.1 Å². The Kier molecular flexibility index (Phi) is 5.45. The first kappa shape index (κ1) is 18.4. The zero-order valence-electron chi connectivity index (χ0n) is 16.6. The van der Waals surface area contributed by atoms with Crippen LogP contribution in [0, 0.1) is 5.92 Å². The van der Waals surface area contributed by atoms with Crippen molar-refractivity contribution < 1.29 is 4.79 Å². The summed E-state index contributed by atoms with van der Waals surface area (Å²) in [5, 5.41) is 0. The van der Waals surface area contributed by atoms with E-state index in [-0.39, 0.29) is 5.92 Å². The molecule has 4 rings (SSSR count). The molecule has 0 aliphatic carbocycles.